The average Bonchev–Trinajstić information content (AvgIpc) is 3.13. The largest absolute Gasteiger partial charge is 0.487 e. The van der Waals surface area contributed by atoms with E-state index in [4.69, 9.17) is 39.5 Å². The minimum absolute atomic E-state index is 0.0159. The van der Waals surface area contributed by atoms with Crippen molar-refractivity contribution in [3.05, 3.63) is 97.7 Å². The Kier molecular flexibility index (Phi) is 7.27. The molecule has 3 aromatic carbocycles. The van der Waals surface area contributed by atoms with Gasteiger partial charge in [0.25, 0.3) is 5.91 Å². The lowest BCUT2D eigenvalue weighted by atomic mass is 9.91. The zero-order valence-corrected chi connectivity index (χ0v) is 20.9. The van der Waals surface area contributed by atoms with Crippen molar-refractivity contribution in [2.24, 2.45) is 0 Å². The maximum atomic E-state index is 13.9. The van der Waals surface area contributed by atoms with Gasteiger partial charge in [-0.25, -0.2) is 4.39 Å². The molecule has 3 aromatic rings. The van der Waals surface area contributed by atoms with Gasteiger partial charge in [-0.1, -0.05) is 53.0 Å². The molecule has 5 nitrogen and oxygen atoms in total. The Labute approximate surface area is 217 Å². The van der Waals surface area contributed by atoms with E-state index in [1.54, 1.807) is 42.5 Å². The number of benzene rings is 3. The number of carboxylic acid groups (broad SMARTS) is 1. The molecule has 0 aromatic heterocycles. The number of carbonyl (C=O) groups is 2. The van der Waals surface area contributed by atoms with Crippen LogP contribution in [0.1, 0.15) is 34.0 Å². The van der Waals surface area contributed by atoms with Crippen LogP contribution in [0, 0.1) is 5.82 Å². The molecule has 9 heteroatoms. The third-order valence-electron chi connectivity index (χ3n) is 5.80. The zero-order valence-electron chi connectivity index (χ0n) is 18.7. The molecule has 0 radical (unpaired) electrons. The summed E-state index contributed by atoms with van der Waals surface area (Å²) in [4.78, 5) is 26.0. The Morgan fingerprint density at radius 2 is 1.86 bits per heavy atom. The van der Waals surface area contributed by atoms with Gasteiger partial charge in [-0.15, -0.1) is 0 Å². The molecule has 1 heterocycles. The second-order valence-electron chi connectivity index (χ2n) is 8.74. The number of fused-ring (bicyclic) bond motifs is 1. The van der Waals surface area contributed by atoms with Crippen molar-refractivity contribution in [2.75, 3.05) is 6.54 Å². The highest BCUT2D eigenvalue weighted by atomic mass is 35.5. The molecule has 0 saturated heterocycles. The normalized spacial score (nSPS) is 16.5. The van der Waals surface area contributed by atoms with Crippen molar-refractivity contribution in [3.8, 4) is 5.75 Å². The number of rotatable bonds is 7. The van der Waals surface area contributed by atoms with Gasteiger partial charge >= 0.3 is 5.97 Å². The molecule has 1 aliphatic heterocycles. The first kappa shape index (κ1) is 25.3. The Hall–Kier alpha value is -2.80. The molecule has 0 spiro atoms. The summed E-state index contributed by atoms with van der Waals surface area (Å²) in [5.41, 5.74) is 1.78. The van der Waals surface area contributed by atoms with Gasteiger partial charge in [-0.2, -0.15) is 0 Å². The van der Waals surface area contributed by atoms with Gasteiger partial charge in [0.05, 0.1) is 15.1 Å². The van der Waals surface area contributed by atoms with Gasteiger partial charge in [0.2, 0.25) is 0 Å². The lowest BCUT2D eigenvalue weighted by Gasteiger charge is -2.24. The molecule has 1 aliphatic rings. The Morgan fingerprint density at radius 3 is 2.57 bits per heavy atom. The van der Waals surface area contributed by atoms with Crippen molar-refractivity contribution in [3.63, 3.8) is 0 Å². The Morgan fingerprint density at radius 1 is 1.09 bits per heavy atom. The van der Waals surface area contributed by atoms with Gasteiger partial charge in [0, 0.05) is 24.9 Å². The minimum atomic E-state index is -1.15. The van der Waals surface area contributed by atoms with Gasteiger partial charge in [0.1, 0.15) is 23.7 Å². The van der Waals surface area contributed by atoms with Gasteiger partial charge in [-0.05, 0) is 60.0 Å². The smallest absolute Gasteiger partial charge is 0.323 e. The molecular formula is C26H21Cl3FNO4. The van der Waals surface area contributed by atoms with E-state index in [9.17, 15) is 19.1 Å². The molecule has 0 fully saturated rings. The van der Waals surface area contributed by atoms with Crippen molar-refractivity contribution in [2.45, 2.75) is 31.9 Å². The topological polar surface area (TPSA) is 66.8 Å². The number of carboxylic acids is 1. The van der Waals surface area contributed by atoms with Crippen LogP contribution in [-0.2, 0) is 24.2 Å². The summed E-state index contributed by atoms with van der Waals surface area (Å²) in [6.07, 6.45) is 0.935. The van der Waals surface area contributed by atoms with Crippen LogP contribution in [0.15, 0.2) is 54.6 Å². The number of carbonyl (C=O) groups excluding carboxylic acids is 1. The summed E-state index contributed by atoms with van der Waals surface area (Å²) in [6.45, 7) is 1.39. The molecule has 4 rings (SSSR count). The summed E-state index contributed by atoms with van der Waals surface area (Å²) in [6, 6.07) is 14.7. The van der Waals surface area contributed by atoms with Crippen LogP contribution in [0.25, 0.3) is 0 Å². The monoisotopic (exact) mass is 535 g/mol. The van der Waals surface area contributed by atoms with Gasteiger partial charge in [-0.3, -0.25) is 9.59 Å². The van der Waals surface area contributed by atoms with E-state index in [2.05, 4.69) is 0 Å². The van der Waals surface area contributed by atoms with E-state index < -0.39 is 29.8 Å². The molecule has 1 atom stereocenters. The molecule has 182 valence electrons. The summed E-state index contributed by atoms with van der Waals surface area (Å²) < 4.78 is 20.0. The highest BCUT2D eigenvalue weighted by Gasteiger charge is 2.36. The SMILES string of the molecule is C[C@@]1(Cc2ccc(Cl)c(F)c2)Cc2cc(C(=O)N(CC(=O)O)Cc3cccc(Cl)c3Cl)ccc2O1. The van der Waals surface area contributed by atoms with Gasteiger partial charge < -0.3 is 14.7 Å². The number of hydrogen-bond acceptors (Lipinski definition) is 3. The zero-order chi connectivity index (χ0) is 25.3. The van der Waals surface area contributed by atoms with Crippen LogP contribution >= 0.6 is 34.8 Å². The van der Waals surface area contributed by atoms with E-state index in [-0.39, 0.29) is 16.6 Å². The number of aliphatic carboxylic acids is 1. The maximum absolute atomic E-state index is 13.9. The van der Waals surface area contributed by atoms with Crippen LogP contribution < -0.4 is 4.74 Å². The molecule has 35 heavy (non-hydrogen) atoms. The molecule has 0 aliphatic carbocycles. The minimum Gasteiger partial charge on any atom is -0.487 e. The van der Waals surface area contributed by atoms with Gasteiger partial charge in [0.15, 0.2) is 0 Å². The number of nitrogens with zero attached hydrogens (tertiary/aromatic N) is 1. The summed E-state index contributed by atoms with van der Waals surface area (Å²) in [5, 5.41) is 10.0. The van der Waals surface area contributed by atoms with Crippen LogP contribution in [0.3, 0.4) is 0 Å². The molecule has 0 unspecified atom stereocenters. The first-order valence-electron chi connectivity index (χ1n) is 10.7. The number of ether oxygens (including phenoxy) is 1. The Bertz CT molecular complexity index is 1320. The fourth-order valence-electron chi connectivity index (χ4n) is 4.26. The first-order chi connectivity index (χ1) is 16.5. The molecular weight excluding hydrogens is 516 g/mol. The van der Waals surface area contributed by atoms with Crippen molar-refractivity contribution in [1.29, 1.82) is 0 Å². The summed E-state index contributed by atoms with van der Waals surface area (Å²) in [5.74, 6) is -1.47. The lowest BCUT2D eigenvalue weighted by Crippen LogP contribution is -2.35. The van der Waals surface area contributed by atoms with E-state index in [1.165, 1.54) is 17.0 Å². The standard InChI is InChI=1S/C26H21Cl3FNO4/c1-26(11-15-5-7-19(27)21(30)9-15)12-18-10-16(6-8-22(18)35-26)25(34)31(14-23(32)33)13-17-3-2-4-20(28)24(17)29/h2-10H,11-14H2,1H3,(H,32,33)/t26-/m1/s1. The van der Waals surface area contributed by atoms with Crippen LogP contribution in [0.4, 0.5) is 4.39 Å². The van der Waals surface area contributed by atoms with Crippen molar-refractivity contribution >= 4 is 46.7 Å². The van der Waals surface area contributed by atoms with E-state index in [0.717, 1.165) is 11.1 Å². The second-order valence-corrected chi connectivity index (χ2v) is 9.94. The van der Waals surface area contributed by atoms with E-state index >= 15 is 0 Å². The molecule has 1 N–H and O–H groups in total. The fraction of sp³-hybridized carbons (Fsp3) is 0.231. The van der Waals surface area contributed by atoms with Crippen molar-refractivity contribution in [1.82, 2.24) is 4.90 Å². The molecule has 0 bridgehead atoms. The highest BCUT2D eigenvalue weighted by molar-refractivity contribution is 6.42. The molecule has 0 saturated carbocycles. The van der Waals surface area contributed by atoms with Crippen LogP contribution in [0.5, 0.6) is 5.75 Å². The number of amides is 1. The third-order valence-corrected chi connectivity index (χ3v) is 6.96. The van der Waals surface area contributed by atoms with Crippen LogP contribution in [-0.4, -0.2) is 34.0 Å². The van der Waals surface area contributed by atoms with Crippen LogP contribution in [0.2, 0.25) is 15.1 Å². The maximum Gasteiger partial charge on any atom is 0.323 e. The van der Waals surface area contributed by atoms with E-state index in [0.29, 0.717) is 34.7 Å². The summed E-state index contributed by atoms with van der Waals surface area (Å²) in [7, 11) is 0. The fourth-order valence-corrected chi connectivity index (χ4v) is 4.75. The van der Waals surface area contributed by atoms with Crippen molar-refractivity contribution < 1.29 is 23.8 Å². The summed E-state index contributed by atoms with van der Waals surface area (Å²) >= 11 is 18.1. The van der Waals surface area contributed by atoms with E-state index in [1.807, 2.05) is 6.92 Å². The average molecular weight is 537 g/mol. The predicted molar refractivity (Wildman–Crippen MR) is 133 cm³/mol. The first-order valence-corrected chi connectivity index (χ1v) is 11.9. The predicted octanol–water partition coefficient (Wildman–Crippen LogP) is 6.45. The quantitative estimate of drug-likeness (QED) is 0.377. The highest BCUT2D eigenvalue weighted by Crippen LogP contribution is 2.38. The Balaban J connectivity index is 1.55. The third kappa shape index (κ3) is 5.72. The lowest BCUT2D eigenvalue weighted by molar-refractivity contribution is -0.137. The number of halogens is 4. The number of hydrogen-bond donors (Lipinski definition) is 1. The second kappa shape index (κ2) is 10.1. The molecule has 1 amide bonds.